The number of nitrogens with zero attached hydrogens (tertiary/aromatic N) is 2. The highest BCUT2D eigenvalue weighted by molar-refractivity contribution is 7.17. The van der Waals surface area contributed by atoms with Crippen LogP contribution in [0.5, 0.6) is 0 Å². The Labute approximate surface area is 160 Å². The Hall–Kier alpha value is -1.94. The number of aryl methyl sites for hydroxylation is 1. The number of imidazole rings is 1. The number of aldehydes is 1. The Morgan fingerprint density at radius 2 is 1.65 bits per heavy atom. The fourth-order valence-electron chi connectivity index (χ4n) is 3.30. The molecule has 0 saturated carbocycles. The molecule has 2 aromatic heterocycles. The lowest BCUT2D eigenvalue weighted by molar-refractivity contribution is 0.111. The highest BCUT2D eigenvalue weighted by Crippen LogP contribution is 2.37. The Morgan fingerprint density at radius 3 is 2.12 bits per heavy atom. The van der Waals surface area contributed by atoms with E-state index in [2.05, 4.69) is 77.1 Å². The number of fused-ring (bicyclic) bond motifs is 1. The van der Waals surface area contributed by atoms with Crippen LogP contribution in [0.2, 0.25) is 0 Å². The van der Waals surface area contributed by atoms with Crippen molar-refractivity contribution in [3.63, 3.8) is 0 Å². The monoisotopic (exact) mass is 368 g/mol. The lowest BCUT2D eigenvalue weighted by Crippen LogP contribution is -2.15. The molecule has 3 rings (SSSR count). The largest absolute Gasteiger partial charge is 0.296 e. The van der Waals surface area contributed by atoms with Crippen LogP contribution in [-0.2, 0) is 17.3 Å². The molecule has 138 valence electrons. The van der Waals surface area contributed by atoms with Gasteiger partial charge in [0.2, 0.25) is 0 Å². The van der Waals surface area contributed by atoms with Crippen LogP contribution in [0.1, 0.15) is 75.1 Å². The average Bonchev–Trinajstić information content (AvgIpc) is 3.08. The summed E-state index contributed by atoms with van der Waals surface area (Å²) >= 11 is 1.69. The zero-order chi connectivity index (χ0) is 19.3. The molecule has 0 aliphatic rings. The fourth-order valence-corrected chi connectivity index (χ4v) is 4.39. The van der Waals surface area contributed by atoms with Crippen LogP contribution in [0, 0.1) is 0 Å². The van der Waals surface area contributed by atoms with Crippen LogP contribution in [-0.4, -0.2) is 15.7 Å². The second-order valence-corrected chi connectivity index (χ2v) is 9.95. The van der Waals surface area contributed by atoms with Gasteiger partial charge in [-0.25, -0.2) is 4.98 Å². The van der Waals surface area contributed by atoms with Gasteiger partial charge in [-0.05, 0) is 23.0 Å². The number of hydrogen-bond acceptors (Lipinski definition) is 3. The molecule has 4 heteroatoms. The molecule has 0 aliphatic carbocycles. The summed E-state index contributed by atoms with van der Waals surface area (Å²) in [6.45, 7) is 15.1. The summed E-state index contributed by atoms with van der Waals surface area (Å²) in [5.41, 5.74) is 5.06. The van der Waals surface area contributed by atoms with Crippen molar-refractivity contribution in [2.24, 2.45) is 0 Å². The summed E-state index contributed by atoms with van der Waals surface area (Å²) in [4.78, 5) is 18.9. The van der Waals surface area contributed by atoms with Crippen molar-refractivity contribution in [1.82, 2.24) is 9.38 Å². The molecule has 26 heavy (non-hydrogen) atoms. The number of rotatable bonds is 3. The van der Waals surface area contributed by atoms with Gasteiger partial charge in [0.1, 0.15) is 5.69 Å². The van der Waals surface area contributed by atoms with Crippen molar-refractivity contribution in [2.75, 3.05) is 0 Å². The third-order valence-corrected chi connectivity index (χ3v) is 5.94. The molecule has 0 aliphatic heterocycles. The van der Waals surface area contributed by atoms with Crippen molar-refractivity contribution >= 4 is 22.6 Å². The van der Waals surface area contributed by atoms with Crippen molar-refractivity contribution in [2.45, 2.75) is 65.7 Å². The number of thiazole rings is 1. The summed E-state index contributed by atoms with van der Waals surface area (Å²) in [6, 6.07) is 8.74. The maximum atomic E-state index is 12.0. The van der Waals surface area contributed by atoms with Gasteiger partial charge in [-0.2, -0.15) is 0 Å². The highest BCUT2D eigenvalue weighted by Gasteiger charge is 2.27. The molecule has 0 saturated heterocycles. The second kappa shape index (κ2) is 6.34. The van der Waals surface area contributed by atoms with Gasteiger partial charge < -0.3 is 0 Å². The first-order valence-corrected chi connectivity index (χ1v) is 10.00. The van der Waals surface area contributed by atoms with E-state index in [0.717, 1.165) is 34.6 Å². The zero-order valence-corrected chi connectivity index (χ0v) is 17.6. The minimum atomic E-state index is -0.165. The standard InChI is InChI=1S/C22H28N2OS/c1-8-17-18(14-9-11-15(12-10-14)21(2,3)4)24-16(13-25)19(22(5,6)7)23-20(24)26-17/h9-13H,8H2,1-7H3. The molecule has 0 unspecified atom stereocenters. The minimum Gasteiger partial charge on any atom is -0.296 e. The van der Waals surface area contributed by atoms with Gasteiger partial charge in [-0.1, -0.05) is 72.7 Å². The average molecular weight is 369 g/mol. The quantitative estimate of drug-likeness (QED) is 0.529. The topological polar surface area (TPSA) is 34.4 Å². The highest BCUT2D eigenvalue weighted by atomic mass is 32.1. The molecule has 0 spiro atoms. The fraction of sp³-hybridized carbons (Fsp3) is 0.455. The number of benzene rings is 1. The molecule has 0 radical (unpaired) electrons. The van der Waals surface area contributed by atoms with Crippen molar-refractivity contribution in [3.8, 4) is 11.3 Å². The maximum Gasteiger partial charge on any atom is 0.195 e. The molecular formula is C22H28N2OS. The molecule has 0 fully saturated rings. The van der Waals surface area contributed by atoms with Gasteiger partial charge in [0, 0.05) is 10.3 Å². The first kappa shape index (κ1) is 18.8. The van der Waals surface area contributed by atoms with E-state index in [0.29, 0.717) is 5.69 Å². The SMILES string of the molecule is CCc1sc2nc(C(C)(C)C)c(C=O)n2c1-c1ccc(C(C)(C)C)cc1. The zero-order valence-electron chi connectivity index (χ0n) is 16.8. The number of aromatic nitrogens is 2. The molecule has 0 bridgehead atoms. The molecule has 3 aromatic rings. The third-order valence-electron chi connectivity index (χ3n) is 4.75. The number of carbonyl (C=O) groups is 1. The van der Waals surface area contributed by atoms with E-state index in [9.17, 15) is 4.79 Å². The molecule has 3 nitrogen and oxygen atoms in total. The van der Waals surface area contributed by atoms with E-state index in [-0.39, 0.29) is 10.8 Å². The lowest BCUT2D eigenvalue weighted by Gasteiger charge is -2.19. The van der Waals surface area contributed by atoms with E-state index in [1.54, 1.807) is 11.3 Å². The van der Waals surface area contributed by atoms with Crippen LogP contribution in [0.15, 0.2) is 24.3 Å². The lowest BCUT2D eigenvalue weighted by atomic mass is 9.86. The Bertz CT molecular complexity index is 947. The first-order chi connectivity index (χ1) is 12.1. The first-order valence-electron chi connectivity index (χ1n) is 9.18. The maximum absolute atomic E-state index is 12.0. The van der Waals surface area contributed by atoms with Crippen LogP contribution < -0.4 is 0 Å². The van der Waals surface area contributed by atoms with Gasteiger partial charge >= 0.3 is 0 Å². The minimum absolute atomic E-state index is 0.123. The summed E-state index contributed by atoms with van der Waals surface area (Å²) in [5.74, 6) is 0. The van der Waals surface area contributed by atoms with Gasteiger partial charge in [0.25, 0.3) is 0 Å². The van der Waals surface area contributed by atoms with Gasteiger partial charge in [0.15, 0.2) is 11.2 Å². The van der Waals surface area contributed by atoms with E-state index in [4.69, 9.17) is 4.98 Å². The van der Waals surface area contributed by atoms with Crippen molar-refractivity contribution in [1.29, 1.82) is 0 Å². The van der Waals surface area contributed by atoms with E-state index in [1.165, 1.54) is 10.4 Å². The molecule has 0 amide bonds. The Kier molecular flexibility index (Phi) is 4.60. The molecule has 2 heterocycles. The number of carbonyl (C=O) groups excluding carboxylic acids is 1. The van der Waals surface area contributed by atoms with Crippen LogP contribution in [0.3, 0.4) is 0 Å². The Balaban J connectivity index is 2.27. The normalized spacial score (nSPS) is 12.7. The number of hydrogen-bond donors (Lipinski definition) is 0. The van der Waals surface area contributed by atoms with Crippen LogP contribution in [0.25, 0.3) is 16.2 Å². The third kappa shape index (κ3) is 3.11. The van der Waals surface area contributed by atoms with Crippen LogP contribution >= 0.6 is 11.3 Å². The smallest absolute Gasteiger partial charge is 0.195 e. The summed E-state index contributed by atoms with van der Waals surface area (Å²) < 4.78 is 2.06. The van der Waals surface area contributed by atoms with Crippen LogP contribution in [0.4, 0.5) is 0 Å². The van der Waals surface area contributed by atoms with Crippen molar-refractivity contribution < 1.29 is 4.79 Å². The van der Waals surface area contributed by atoms with Crippen molar-refractivity contribution in [3.05, 3.63) is 46.1 Å². The molecule has 0 N–H and O–H groups in total. The van der Waals surface area contributed by atoms with E-state index < -0.39 is 0 Å². The predicted molar refractivity (Wildman–Crippen MR) is 111 cm³/mol. The molecule has 1 aromatic carbocycles. The van der Waals surface area contributed by atoms with Gasteiger partial charge in [-0.3, -0.25) is 9.20 Å². The molecule has 0 atom stereocenters. The summed E-state index contributed by atoms with van der Waals surface area (Å²) in [7, 11) is 0. The van der Waals surface area contributed by atoms with E-state index in [1.807, 2.05) is 0 Å². The van der Waals surface area contributed by atoms with Gasteiger partial charge in [0.05, 0.1) is 11.4 Å². The summed E-state index contributed by atoms with van der Waals surface area (Å²) in [5, 5.41) is 0. The molecular weight excluding hydrogens is 340 g/mol. The summed E-state index contributed by atoms with van der Waals surface area (Å²) in [6.07, 6.45) is 1.88. The Morgan fingerprint density at radius 1 is 1.04 bits per heavy atom. The second-order valence-electron chi connectivity index (χ2n) is 8.89. The predicted octanol–water partition coefficient (Wildman–Crippen LogP) is 6.03. The van der Waals surface area contributed by atoms with Gasteiger partial charge in [-0.15, -0.1) is 11.3 Å². The van der Waals surface area contributed by atoms with E-state index >= 15 is 0 Å².